The van der Waals surface area contributed by atoms with Gasteiger partial charge in [-0.3, -0.25) is 4.79 Å². The number of aliphatic carboxylic acids is 1. The summed E-state index contributed by atoms with van der Waals surface area (Å²) in [6.07, 6.45) is -0.283. The van der Waals surface area contributed by atoms with Crippen LogP contribution < -0.4 is 4.74 Å². The first-order valence-corrected chi connectivity index (χ1v) is 7.43. The lowest BCUT2D eigenvalue weighted by molar-refractivity contribution is -0.149. The largest absolute Gasteiger partial charge is 0.482 e. The lowest BCUT2D eigenvalue weighted by Gasteiger charge is -2.16. The quantitative estimate of drug-likeness (QED) is 0.885. The van der Waals surface area contributed by atoms with Gasteiger partial charge in [-0.15, -0.1) is 0 Å². The van der Waals surface area contributed by atoms with Crippen molar-refractivity contribution in [3.8, 4) is 5.75 Å². The van der Waals surface area contributed by atoms with Gasteiger partial charge in [-0.1, -0.05) is 17.3 Å². The number of rotatable bonds is 5. The number of aromatic nitrogens is 1. The Kier molecular flexibility index (Phi) is 4.39. The van der Waals surface area contributed by atoms with Crippen LogP contribution in [0, 0.1) is 5.82 Å². The molecule has 1 saturated heterocycles. The molecule has 2 heterocycles. The molecule has 7 nitrogen and oxygen atoms in total. The molecule has 132 valence electrons. The van der Waals surface area contributed by atoms with Crippen LogP contribution in [-0.2, 0) is 11.4 Å². The Bertz CT molecular complexity index is 809. The van der Waals surface area contributed by atoms with Crippen molar-refractivity contribution in [3.05, 3.63) is 47.6 Å². The average molecular weight is 352 g/mol. The molecule has 1 fully saturated rings. The van der Waals surface area contributed by atoms with Crippen LogP contribution in [0.25, 0.3) is 0 Å². The van der Waals surface area contributed by atoms with Crippen molar-refractivity contribution in [2.75, 3.05) is 13.1 Å². The number of benzene rings is 1. The number of carboxylic acid groups (broad SMARTS) is 1. The second-order valence-electron chi connectivity index (χ2n) is 5.64. The van der Waals surface area contributed by atoms with Crippen LogP contribution in [0.3, 0.4) is 0 Å². The molecule has 0 radical (unpaired) electrons. The maximum absolute atomic E-state index is 14.0. The second-order valence-corrected chi connectivity index (χ2v) is 5.64. The zero-order chi connectivity index (χ0) is 18.0. The van der Waals surface area contributed by atoms with Gasteiger partial charge in [-0.25, -0.2) is 13.6 Å². The molecule has 1 atom stereocenters. The minimum atomic E-state index is -2.45. The summed E-state index contributed by atoms with van der Waals surface area (Å²) < 4.78 is 37.7. The fourth-order valence-electron chi connectivity index (χ4n) is 2.48. The fraction of sp³-hybridized carbons (Fsp3) is 0.312. The van der Waals surface area contributed by atoms with Gasteiger partial charge in [-0.05, 0) is 12.1 Å². The summed E-state index contributed by atoms with van der Waals surface area (Å²) in [6, 6.07) is 7.10. The van der Waals surface area contributed by atoms with E-state index in [1.165, 1.54) is 24.3 Å². The van der Waals surface area contributed by atoms with Crippen LogP contribution in [0.15, 0.2) is 34.9 Å². The summed E-state index contributed by atoms with van der Waals surface area (Å²) in [6.45, 7) is -0.728. The molecular formula is C16H14F2N2O5. The molecule has 1 N–H and O–H groups in total. The summed E-state index contributed by atoms with van der Waals surface area (Å²) >= 11 is 0. The smallest absolute Gasteiger partial charge is 0.343 e. The van der Waals surface area contributed by atoms with Crippen molar-refractivity contribution in [3.63, 3.8) is 0 Å². The number of halogens is 2. The van der Waals surface area contributed by atoms with E-state index in [0.717, 1.165) is 4.90 Å². The van der Waals surface area contributed by atoms with Gasteiger partial charge in [0.1, 0.15) is 6.61 Å². The molecule has 2 aromatic rings. The summed E-state index contributed by atoms with van der Waals surface area (Å²) in [4.78, 5) is 24.2. The molecule has 0 spiro atoms. The fourth-order valence-corrected chi connectivity index (χ4v) is 2.48. The molecule has 1 aliphatic heterocycles. The third kappa shape index (κ3) is 3.44. The molecule has 0 bridgehead atoms. The van der Waals surface area contributed by atoms with E-state index < -0.39 is 29.9 Å². The second kappa shape index (κ2) is 6.50. The molecule has 1 aliphatic rings. The zero-order valence-electron chi connectivity index (χ0n) is 12.9. The maximum Gasteiger partial charge on any atom is 0.343 e. The molecule has 0 aliphatic carbocycles. The van der Waals surface area contributed by atoms with Crippen LogP contribution in [0.5, 0.6) is 5.75 Å². The van der Waals surface area contributed by atoms with Gasteiger partial charge >= 0.3 is 5.97 Å². The topological polar surface area (TPSA) is 92.9 Å². The predicted molar refractivity (Wildman–Crippen MR) is 79.2 cm³/mol. The zero-order valence-corrected chi connectivity index (χ0v) is 12.9. The molecule has 1 aromatic heterocycles. The Morgan fingerprint density at radius 1 is 1.40 bits per heavy atom. The summed E-state index contributed by atoms with van der Waals surface area (Å²) in [5.74, 6) is -2.57. The number of ether oxygens (including phenoxy) is 1. The van der Waals surface area contributed by atoms with Crippen molar-refractivity contribution in [2.45, 2.75) is 18.7 Å². The Balaban J connectivity index is 1.63. The summed E-state index contributed by atoms with van der Waals surface area (Å²) in [7, 11) is 0. The number of hydrogen-bond donors (Lipinski definition) is 1. The molecule has 1 amide bonds. The molecule has 1 aromatic carbocycles. The van der Waals surface area contributed by atoms with Gasteiger partial charge in [0, 0.05) is 19.0 Å². The maximum atomic E-state index is 14.0. The first-order valence-electron chi connectivity index (χ1n) is 7.43. The molecule has 3 rings (SSSR count). The van der Waals surface area contributed by atoms with E-state index in [9.17, 15) is 18.4 Å². The normalized spacial score (nSPS) is 19.8. The van der Waals surface area contributed by atoms with Crippen LogP contribution in [0.4, 0.5) is 8.78 Å². The SMILES string of the molecule is O=C(c1cc(COc2ccccc2F)on1)N1CCC(F)(C(=O)O)C1. The third-order valence-corrected chi connectivity index (χ3v) is 3.87. The number of carbonyl (C=O) groups is 2. The van der Waals surface area contributed by atoms with Gasteiger partial charge in [0.15, 0.2) is 23.0 Å². The molecular weight excluding hydrogens is 338 g/mol. The van der Waals surface area contributed by atoms with Crippen molar-refractivity contribution in [2.24, 2.45) is 0 Å². The highest BCUT2D eigenvalue weighted by molar-refractivity contribution is 5.93. The predicted octanol–water partition coefficient (Wildman–Crippen LogP) is 2.03. The lowest BCUT2D eigenvalue weighted by Crippen LogP contribution is -2.39. The Morgan fingerprint density at radius 2 is 2.16 bits per heavy atom. The average Bonchev–Trinajstić information content (AvgIpc) is 3.21. The highest BCUT2D eigenvalue weighted by atomic mass is 19.1. The summed E-state index contributed by atoms with van der Waals surface area (Å²) in [5, 5.41) is 12.4. The van der Waals surface area contributed by atoms with Gasteiger partial charge in [0.05, 0.1) is 6.54 Å². The molecule has 1 unspecified atom stereocenters. The van der Waals surface area contributed by atoms with Gasteiger partial charge in [0.25, 0.3) is 5.91 Å². The number of nitrogens with zero attached hydrogens (tertiary/aromatic N) is 2. The van der Waals surface area contributed by atoms with E-state index in [1.54, 1.807) is 6.07 Å². The number of alkyl halides is 1. The minimum Gasteiger partial charge on any atom is -0.482 e. The molecule has 25 heavy (non-hydrogen) atoms. The number of likely N-dealkylation sites (tertiary alicyclic amines) is 1. The van der Waals surface area contributed by atoms with E-state index in [0.29, 0.717) is 0 Å². The number of hydrogen-bond acceptors (Lipinski definition) is 5. The number of para-hydroxylation sites is 1. The van der Waals surface area contributed by atoms with Gasteiger partial charge in [-0.2, -0.15) is 0 Å². The molecule has 0 saturated carbocycles. The first-order chi connectivity index (χ1) is 11.9. The van der Waals surface area contributed by atoms with E-state index in [4.69, 9.17) is 14.4 Å². The number of carbonyl (C=O) groups excluding carboxylic acids is 1. The van der Waals surface area contributed by atoms with Crippen LogP contribution in [0.2, 0.25) is 0 Å². The number of amides is 1. The van der Waals surface area contributed by atoms with E-state index in [1.807, 2.05) is 0 Å². The van der Waals surface area contributed by atoms with Crippen molar-refractivity contribution >= 4 is 11.9 Å². The van der Waals surface area contributed by atoms with Crippen molar-refractivity contribution in [1.29, 1.82) is 0 Å². The van der Waals surface area contributed by atoms with Crippen LogP contribution in [0.1, 0.15) is 22.7 Å². The standard InChI is InChI=1S/C16H14F2N2O5/c17-11-3-1-2-4-13(11)24-8-10-7-12(19-25-10)14(21)20-6-5-16(18,9-20)15(22)23/h1-4,7H,5-6,8-9H2,(H,22,23). The van der Waals surface area contributed by atoms with E-state index in [-0.39, 0.29) is 36.8 Å². The third-order valence-electron chi connectivity index (χ3n) is 3.87. The Hall–Kier alpha value is -2.97. The van der Waals surface area contributed by atoms with Crippen molar-refractivity contribution in [1.82, 2.24) is 10.1 Å². The first kappa shape index (κ1) is 16.9. The minimum absolute atomic E-state index is 0.0231. The Morgan fingerprint density at radius 3 is 2.84 bits per heavy atom. The highest BCUT2D eigenvalue weighted by Crippen LogP contribution is 2.27. The Labute approximate surface area is 140 Å². The van der Waals surface area contributed by atoms with Crippen LogP contribution >= 0.6 is 0 Å². The monoisotopic (exact) mass is 352 g/mol. The van der Waals surface area contributed by atoms with Gasteiger partial charge in [0.2, 0.25) is 5.67 Å². The summed E-state index contributed by atoms with van der Waals surface area (Å²) in [5.41, 5.74) is -2.54. The molecule has 9 heteroatoms. The lowest BCUT2D eigenvalue weighted by atomic mass is 10.1. The van der Waals surface area contributed by atoms with Crippen molar-refractivity contribution < 1.29 is 32.7 Å². The van der Waals surface area contributed by atoms with E-state index >= 15 is 0 Å². The van der Waals surface area contributed by atoms with E-state index in [2.05, 4.69) is 5.16 Å². The number of carboxylic acids is 1. The highest BCUT2D eigenvalue weighted by Gasteiger charge is 2.47. The van der Waals surface area contributed by atoms with Gasteiger partial charge < -0.3 is 19.3 Å². The van der Waals surface area contributed by atoms with Crippen LogP contribution in [-0.4, -0.2) is 45.8 Å².